The van der Waals surface area contributed by atoms with Crippen molar-refractivity contribution in [3.63, 3.8) is 0 Å². The lowest BCUT2D eigenvalue weighted by atomic mass is 10.2. The van der Waals surface area contributed by atoms with E-state index >= 15 is 0 Å². The number of halogens is 1. The molecule has 15 heavy (non-hydrogen) atoms. The van der Waals surface area contributed by atoms with Crippen molar-refractivity contribution in [3.8, 4) is 0 Å². The van der Waals surface area contributed by atoms with Gasteiger partial charge in [0.15, 0.2) is 0 Å². The zero-order valence-electron chi connectivity index (χ0n) is 8.25. The highest BCUT2D eigenvalue weighted by Crippen LogP contribution is 2.19. The fraction of sp³-hybridized carbons (Fsp3) is 0.500. The number of amides is 1. The maximum absolute atomic E-state index is 11.6. The monoisotopic (exact) mass is 288 g/mol. The van der Waals surface area contributed by atoms with Crippen LogP contribution in [0.5, 0.6) is 0 Å². The largest absolute Gasteiger partial charge is 0.350 e. The summed E-state index contributed by atoms with van der Waals surface area (Å²) in [7, 11) is 0. The van der Waals surface area contributed by atoms with E-state index < -0.39 is 0 Å². The first-order valence-corrected chi connectivity index (χ1v) is 6.67. The Labute approximate surface area is 101 Å². The zero-order valence-corrected chi connectivity index (χ0v) is 10.7. The molecule has 0 spiro atoms. The van der Waals surface area contributed by atoms with E-state index in [1.54, 1.807) is 11.3 Å². The first-order chi connectivity index (χ1) is 7.25. The third-order valence-electron chi connectivity index (χ3n) is 2.44. The predicted molar refractivity (Wildman–Crippen MR) is 64.9 cm³/mol. The quantitative estimate of drug-likeness (QED) is 0.892. The van der Waals surface area contributed by atoms with E-state index in [9.17, 15) is 4.79 Å². The van der Waals surface area contributed by atoms with Gasteiger partial charge < -0.3 is 10.6 Å². The summed E-state index contributed by atoms with van der Waals surface area (Å²) in [5.41, 5.74) is 0. The number of nitrogens with one attached hydrogen (secondary N) is 2. The minimum atomic E-state index is 0.0217. The summed E-state index contributed by atoms with van der Waals surface area (Å²) in [6, 6.07) is 2.06. The minimum absolute atomic E-state index is 0.0217. The molecule has 5 heteroatoms. The molecule has 0 aliphatic carbocycles. The number of thiophene rings is 1. The lowest BCUT2D eigenvalue weighted by Crippen LogP contribution is -2.39. The van der Waals surface area contributed by atoms with E-state index in [4.69, 9.17) is 0 Å². The molecule has 2 N–H and O–H groups in total. The molecular formula is C10H13BrN2OS. The second kappa shape index (κ2) is 5.09. The topological polar surface area (TPSA) is 41.1 Å². The van der Waals surface area contributed by atoms with Crippen molar-refractivity contribution in [1.82, 2.24) is 10.6 Å². The summed E-state index contributed by atoms with van der Waals surface area (Å²) in [6.45, 7) is 1.59. The third-order valence-corrected chi connectivity index (χ3v) is 4.13. The van der Waals surface area contributed by atoms with Gasteiger partial charge in [-0.3, -0.25) is 4.79 Å². The minimum Gasteiger partial charge on any atom is -0.350 e. The lowest BCUT2D eigenvalue weighted by molar-refractivity contribution is -0.122. The normalized spacial score (nSPS) is 20.5. The molecule has 0 bridgehead atoms. The molecule has 0 aromatic carbocycles. The Hall–Kier alpha value is -0.390. The molecule has 1 aromatic rings. The van der Waals surface area contributed by atoms with Crippen LogP contribution in [0.15, 0.2) is 15.9 Å². The maximum Gasteiger partial charge on any atom is 0.237 e. The van der Waals surface area contributed by atoms with Gasteiger partial charge >= 0.3 is 0 Å². The molecule has 1 aromatic heterocycles. The molecule has 1 aliphatic rings. The molecule has 3 nitrogen and oxygen atoms in total. The highest BCUT2D eigenvalue weighted by molar-refractivity contribution is 9.10. The van der Waals surface area contributed by atoms with Crippen LogP contribution in [0.4, 0.5) is 0 Å². The van der Waals surface area contributed by atoms with Gasteiger partial charge in [0.1, 0.15) is 0 Å². The van der Waals surface area contributed by atoms with E-state index in [1.807, 2.05) is 11.4 Å². The summed E-state index contributed by atoms with van der Waals surface area (Å²) in [6.07, 6.45) is 2.06. The van der Waals surface area contributed by atoms with Crippen molar-refractivity contribution < 1.29 is 4.79 Å². The molecule has 82 valence electrons. The van der Waals surface area contributed by atoms with Gasteiger partial charge in [-0.1, -0.05) is 0 Å². The van der Waals surface area contributed by atoms with Crippen LogP contribution in [0.25, 0.3) is 0 Å². The zero-order chi connectivity index (χ0) is 10.7. The molecule has 1 atom stereocenters. The Morgan fingerprint density at radius 3 is 3.20 bits per heavy atom. The highest BCUT2D eigenvalue weighted by atomic mass is 79.9. The molecular weight excluding hydrogens is 276 g/mol. The number of carbonyl (C=O) groups is 1. The molecule has 0 radical (unpaired) electrons. The van der Waals surface area contributed by atoms with E-state index in [-0.39, 0.29) is 11.9 Å². The summed E-state index contributed by atoms with van der Waals surface area (Å²) in [5, 5.41) is 8.15. The predicted octanol–water partition coefficient (Wildman–Crippen LogP) is 1.88. The fourth-order valence-electron chi connectivity index (χ4n) is 1.65. The molecule has 2 rings (SSSR count). The van der Waals surface area contributed by atoms with Crippen molar-refractivity contribution in [1.29, 1.82) is 0 Å². The van der Waals surface area contributed by atoms with Gasteiger partial charge in [-0.25, -0.2) is 0 Å². The fourth-order valence-corrected chi connectivity index (χ4v) is 3.04. The smallest absolute Gasteiger partial charge is 0.237 e. The summed E-state index contributed by atoms with van der Waals surface area (Å²) in [5.74, 6) is 0.122. The lowest BCUT2D eigenvalue weighted by Gasteiger charge is -2.09. The molecule has 1 fully saturated rings. The number of carbonyl (C=O) groups excluding carboxylic acids is 1. The van der Waals surface area contributed by atoms with E-state index in [2.05, 4.69) is 26.6 Å². The van der Waals surface area contributed by atoms with Gasteiger partial charge in [-0.05, 0) is 41.4 Å². The molecule has 2 heterocycles. The number of hydrogen-bond acceptors (Lipinski definition) is 3. The van der Waals surface area contributed by atoms with Crippen LogP contribution < -0.4 is 10.6 Å². The molecule has 1 amide bonds. The summed E-state index contributed by atoms with van der Waals surface area (Å²) >= 11 is 5.04. The van der Waals surface area contributed by atoms with E-state index in [0.717, 1.165) is 23.9 Å². The standard InChI is InChI=1S/C10H13BrN2OS/c11-7-4-8(15-6-7)5-13-10(14)9-2-1-3-12-9/h4,6,9,12H,1-3,5H2,(H,13,14)/t9-/m0/s1. The van der Waals surface area contributed by atoms with Crippen LogP contribution in [-0.2, 0) is 11.3 Å². The van der Waals surface area contributed by atoms with Crippen LogP contribution in [0.1, 0.15) is 17.7 Å². The molecule has 0 saturated carbocycles. The van der Waals surface area contributed by atoms with E-state index in [1.165, 1.54) is 4.88 Å². The number of hydrogen-bond donors (Lipinski definition) is 2. The van der Waals surface area contributed by atoms with Crippen LogP contribution >= 0.6 is 27.3 Å². The van der Waals surface area contributed by atoms with Crippen molar-refractivity contribution in [2.24, 2.45) is 0 Å². The van der Waals surface area contributed by atoms with Gasteiger partial charge in [0.2, 0.25) is 5.91 Å². The highest BCUT2D eigenvalue weighted by Gasteiger charge is 2.21. The van der Waals surface area contributed by atoms with Crippen LogP contribution in [0.2, 0.25) is 0 Å². The first kappa shape index (κ1) is 11.1. The summed E-state index contributed by atoms with van der Waals surface area (Å²) in [4.78, 5) is 12.8. The van der Waals surface area contributed by atoms with Gasteiger partial charge in [-0.2, -0.15) is 0 Å². The van der Waals surface area contributed by atoms with Gasteiger partial charge in [0, 0.05) is 14.7 Å². The van der Waals surface area contributed by atoms with Crippen molar-refractivity contribution >= 4 is 33.2 Å². The van der Waals surface area contributed by atoms with Crippen LogP contribution in [-0.4, -0.2) is 18.5 Å². The average Bonchev–Trinajstić information content (AvgIpc) is 2.84. The van der Waals surface area contributed by atoms with Crippen molar-refractivity contribution in [2.75, 3.05) is 6.54 Å². The van der Waals surface area contributed by atoms with Crippen molar-refractivity contribution in [3.05, 3.63) is 20.8 Å². The Kier molecular flexibility index (Phi) is 3.77. The third kappa shape index (κ3) is 3.03. The Bertz CT molecular complexity index is 347. The van der Waals surface area contributed by atoms with Gasteiger partial charge in [0.05, 0.1) is 12.6 Å². The maximum atomic E-state index is 11.6. The SMILES string of the molecule is O=C(NCc1cc(Br)cs1)[C@@H]1CCCN1. The Balaban J connectivity index is 1.80. The Morgan fingerprint density at radius 2 is 2.60 bits per heavy atom. The first-order valence-electron chi connectivity index (χ1n) is 5.00. The Morgan fingerprint density at radius 1 is 1.73 bits per heavy atom. The molecule has 1 saturated heterocycles. The second-order valence-corrected chi connectivity index (χ2v) is 5.51. The summed E-state index contributed by atoms with van der Waals surface area (Å²) < 4.78 is 1.08. The van der Waals surface area contributed by atoms with Crippen LogP contribution in [0, 0.1) is 0 Å². The molecule has 1 aliphatic heterocycles. The van der Waals surface area contributed by atoms with Gasteiger partial charge in [0.25, 0.3) is 0 Å². The van der Waals surface area contributed by atoms with Crippen LogP contribution in [0.3, 0.4) is 0 Å². The average molecular weight is 289 g/mol. The number of rotatable bonds is 3. The molecule has 0 unspecified atom stereocenters. The van der Waals surface area contributed by atoms with Crippen molar-refractivity contribution in [2.45, 2.75) is 25.4 Å². The second-order valence-electron chi connectivity index (χ2n) is 3.60. The van der Waals surface area contributed by atoms with Gasteiger partial charge in [-0.15, -0.1) is 11.3 Å². The van der Waals surface area contributed by atoms with E-state index in [0.29, 0.717) is 6.54 Å².